The van der Waals surface area contributed by atoms with Gasteiger partial charge in [-0.1, -0.05) is 6.92 Å². The van der Waals surface area contributed by atoms with Gasteiger partial charge in [-0.2, -0.15) is 5.26 Å². The minimum absolute atomic E-state index is 0.0225. The Morgan fingerprint density at radius 2 is 2.38 bits per heavy atom. The predicted molar refractivity (Wildman–Crippen MR) is 60.6 cm³/mol. The molecule has 1 saturated heterocycles. The first-order valence-corrected chi connectivity index (χ1v) is 6.03. The summed E-state index contributed by atoms with van der Waals surface area (Å²) >= 11 is 0. The Morgan fingerprint density at radius 3 is 3.06 bits per heavy atom. The number of amides is 1. The first kappa shape index (κ1) is 13.0. The third-order valence-electron chi connectivity index (χ3n) is 2.77. The zero-order valence-corrected chi connectivity index (χ0v) is 9.95. The van der Waals surface area contributed by atoms with E-state index in [0.717, 1.165) is 25.8 Å². The number of rotatable bonds is 5. The largest absolute Gasteiger partial charge is 0.381 e. The van der Waals surface area contributed by atoms with E-state index in [2.05, 4.69) is 6.07 Å². The van der Waals surface area contributed by atoms with E-state index in [0.29, 0.717) is 26.2 Å². The number of likely N-dealkylation sites (tertiary alicyclic amines) is 1. The molecule has 1 rings (SSSR count). The number of carbonyl (C=O) groups excluding carboxylic acids is 1. The molecule has 0 aliphatic carbocycles. The fourth-order valence-corrected chi connectivity index (χ4v) is 1.87. The van der Waals surface area contributed by atoms with E-state index in [1.807, 2.05) is 6.92 Å². The zero-order chi connectivity index (χ0) is 11.8. The molecule has 0 aromatic rings. The molecule has 0 N–H and O–H groups in total. The standard InChI is InChI=1S/C12H20N2O2/c1-2-7-16-8-5-12(15)14-6-3-4-11(9-13)10-14/h11H,2-8,10H2,1H3. The maximum absolute atomic E-state index is 11.8. The fraction of sp³-hybridized carbons (Fsp3) is 0.833. The van der Waals surface area contributed by atoms with Gasteiger partial charge >= 0.3 is 0 Å². The Morgan fingerprint density at radius 1 is 1.56 bits per heavy atom. The first-order chi connectivity index (χ1) is 7.77. The molecule has 0 aromatic carbocycles. The summed E-state index contributed by atoms with van der Waals surface area (Å²) in [4.78, 5) is 13.6. The second-order valence-corrected chi connectivity index (χ2v) is 4.17. The molecule has 0 spiro atoms. The lowest BCUT2D eigenvalue weighted by Crippen LogP contribution is -2.39. The molecule has 16 heavy (non-hydrogen) atoms. The minimum Gasteiger partial charge on any atom is -0.381 e. The molecule has 1 unspecified atom stereocenters. The monoisotopic (exact) mass is 224 g/mol. The maximum Gasteiger partial charge on any atom is 0.224 e. The van der Waals surface area contributed by atoms with E-state index in [4.69, 9.17) is 10.00 Å². The van der Waals surface area contributed by atoms with E-state index in [-0.39, 0.29) is 11.8 Å². The van der Waals surface area contributed by atoms with Crippen LogP contribution in [0, 0.1) is 17.2 Å². The average molecular weight is 224 g/mol. The maximum atomic E-state index is 11.8. The van der Waals surface area contributed by atoms with Gasteiger partial charge in [0.2, 0.25) is 5.91 Å². The topological polar surface area (TPSA) is 53.3 Å². The van der Waals surface area contributed by atoms with Gasteiger partial charge in [0.15, 0.2) is 0 Å². The quantitative estimate of drug-likeness (QED) is 0.666. The third-order valence-corrected chi connectivity index (χ3v) is 2.77. The van der Waals surface area contributed by atoms with Crippen molar-refractivity contribution in [1.82, 2.24) is 4.90 Å². The smallest absolute Gasteiger partial charge is 0.224 e. The molecule has 0 radical (unpaired) electrons. The van der Waals surface area contributed by atoms with Crippen LogP contribution in [0.1, 0.15) is 32.6 Å². The highest BCUT2D eigenvalue weighted by Gasteiger charge is 2.22. The van der Waals surface area contributed by atoms with Crippen molar-refractivity contribution < 1.29 is 9.53 Å². The van der Waals surface area contributed by atoms with E-state index in [1.165, 1.54) is 0 Å². The first-order valence-electron chi connectivity index (χ1n) is 6.03. The summed E-state index contributed by atoms with van der Waals surface area (Å²) in [6.07, 6.45) is 3.29. The third kappa shape index (κ3) is 4.19. The number of nitriles is 1. The molecule has 1 aliphatic rings. The number of hydrogen-bond acceptors (Lipinski definition) is 3. The molecule has 4 heteroatoms. The van der Waals surface area contributed by atoms with Crippen LogP contribution in [-0.4, -0.2) is 37.1 Å². The van der Waals surface area contributed by atoms with Gasteiger partial charge in [-0.25, -0.2) is 0 Å². The summed E-state index contributed by atoms with van der Waals surface area (Å²) in [5, 5.41) is 8.82. The lowest BCUT2D eigenvalue weighted by atomic mass is 9.99. The summed E-state index contributed by atoms with van der Waals surface area (Å²) in [5.74, 6) is 0.144. The summed E-state index contributed by atoms with van der Waals surface area (Å²) < 4.78 is 5.28. The Kier molecular flexibility index (Phi) is 5.87. The summed E-state index contributed by atoms with van der Waals surface area (Å²) in [7, 11) is 0. The molecule has 1 amide bonds. The van der Waals surface area contributed by atoms with Gasteiger partial charge in [0, 0.05) is 19.7 Å². The Bertz CT molecular complexity index is 260. The van der Waals surface area contributed by atoms with E-state index >= 15 is 0 Å². The molecular weight excluding hydrogens is 204 g/mol. The van der Waals surface area contributed by atoms with Crippen molar-refractivity contribution in [3.05, 3.63) is 0 Å². The highest BCUT2D eigenvalue weighted by molar-refractivity contribution is 5.76. The van der Waals surface area contributed by atoms with Gasteiger partial charge in [-0.05, 0) is 19.3 Å². The van der Waals surface area contributed by atoms with Crippen LogP contribution in [0.25, 0.3) is 0 Å². The highest BCUT2D eigenvalue weighted by Crippen LogP contribution is 2.16. The second kappa shape index (κ2) is 7.24. The number of ether oxygens (including phenoxy) is 1. The van der Waals surface area contributed by atoms with Crippen LogP contribution >= 0.6 is 0 Å². The molecule has 0 saturated carbocycles. The highest BCUT2D eigenvalue weighted by atomic mass is 16.5. The molecular formula is C12H20N2O2. The van der Waals surface area contributed by atoms with Gasteiger partial charge < -0.3 is 9.64 Å². The molecule has 0 aromatic heterocycles. The van der Waals surface area contributed by atoms with Crippen molar-refractivity contribution in [3.63, 3.8) is 0 Å². The molecule has 4 nitrogen and oxygen atoms in total. The van der Waals surface area contributed by atoms with Crippen LogP contribution in [0.2, 0.25) is 0 Å². The summed E-state index contributed by atoms with van der Waals surface area (Å²) in [6.45, 7) is 4.66. The Balaban J connectivity index is 2.23. The van der Waals surface area contributed by atoms with Crippen LogP contribution in [0.4, 0.5) is 0 Å². The van der Waals surface area contributed by atoms with E-state index in [1.54, 1.807) is 4.90 Å². The Labute approximate surface area is 97.2 Å². The van der Waals surface area contributed by atoms with Gasteiger partial charge in [0.05, 0.1) is 25.0 Å². The van der Waals surface area contributed by atoms with Crippen molar-refractivity contribution in [2.24, 2.45) is 5.92 Å². The molecule has 1 aliphatic heterocycles. The van der Waals surface area contributed by atoms with Crippen molar-refractivity contribution in [2.75, 3.05) is 26.3 Å². The van der Waals surface area contributed by atoms with Crippen molar-refractivity contribution >= 4 is 5.91 Å². The normalized spacial score (nSPS) is 20.5. The summed E-state index contributed by atoms with van der Waals surface area (Å²) in [6, 6.07) is 2.24. The number of piperidine rings is 1. The van der Waals surface area contributed by atoms with Crippen LogP contribution in [0.15, 0.2) is 0 Å². The van der Waals surface area contributed by atoms with E-state index in [9.17, 15) is 4.79 Å². The molecule has 0 bridgehead atoms. The second-order valence-electron chi connectivity index (χ2n) is 4.17. The number of nitrogens with zero attached hydrogens (tertiary/aromatic N) is 2. The molecule has 1 fully saturated rings. The number of carbonyl (C=O) groups is 1. The van der Waals surface area contributed by atoms with Gasteiger partial charge in [0.25, 0.3) is 0 Å². The van der Waals surface area contributed by atoms with Crippen molar-refractivity contribution in [2.45, 2.75) is 32.6 Å². The predicted octanol–water partition coefficient (Wildman–Crippen LogP) is 1.57. The lowest BCUT2D eigenvalue weighted by molar-refractivity contribution is -0.133. The van der Waals surface area contributed by atoms with Gasteiger partial charge in [0.1, 0.15) is 0 Å². The Hall–Kier alpha value is -1.08. The number of hydrogen-bond donors (Lipinski definition) is 0. The van der Waals surface area contributed by atoms with Gasteiger partial charge in [-0.3, -0.25) is 4.79 Å². The molecule has 90 valence electrons. The van der Waals surface area contributed by atoms with Crippen molar-refractivity contribution in [3.8, 4) is 6.07 Å². The van der Waals surface area contributed by atoms with Crippen LogP contribution in [0.5, 0.6) is 0 Å². The summed E-state index contributed by atoms with van der Waals surface area (Å²) in [5.41, 5.74) is 0. The molecule has 1 atom stereocenters. The minimum atomic E-state index is 0.0225. The average Bonchev–Trinajstić information content (AvgIpc) is 2.34. The van der Waals surface area contributed by atoms with Crippen LogP contribution in [0.3, 0.4) is 0 Å². The van der Waals surface area contributed by atoms with E-state index < -0.39 is 0 Å². The lowest BCUT2D eigenvalue weighted by Gasteiger charge is -2.29. The van der Waals surface area contributed by atoms with Gasteiger partial charge in [-0.15, -0.1) is 0 Å². The SMILES string of the molecule is CCCOCCC(=O)N1CCCC(C#N)C1. The zero-order valence-electron chi connectivity index (χ0n) is 9.95. The van der Waals surface area contributed by atoms with Crippen LogP contribution in [-0.2, 0) is 9.53 Å². The van der Waals surface area contributed by atoms with Crippen molar-refractivity contribution in [1.29, 1.82) is 5.26 Å². The molecule has 1 heterocycles. The fourth-order valence-electron chi connectivity index (χ4n) is 1.87. The van der Waals surface area contributed by atoms with Crippen LogP contribution < -0.4 is 0 Å².